The first kappa shape index (κ1) is 21.8. The van der Waals surface area contributed by atoms with Gasteiger partial charge in [-0.3, -0.25) is 4.99 Å². The van der Waals surface area contributed by atoms with Crippen molar-refractivity contribution in [3.05, 3.63) is 54.6 Å². The second-order valence-corrected chi connectivity index (χ2v) is 8.93. The molecule has 0 aliphatic carbocycles. The van der Waals surface area contributed by atoms with Crippen LogP contribution in [0.2, 0.25) is 0 Å². The van der Waals surface area contributed by atoms with Crippen LogP contribution >= 0.6 is 0 Å². The van der Waals surface area contributed by atoms with E-state index in [1.807, 2.05) is 49.4 Å². The van der Waals surface area contributed by atoms with E-state index >= 15 is 0 Å². The van der Waals surface area contributed by atoms with E-state index in [-0.39, 0.29) is 11.8 Å². The minimum absolute atomic E-state index is 0.000602. The Morgan fingerprint density at radius 2 is 1.79 bits per heavy atom. The minimum Gasteiger partial charge on any atom is -0.491 e. The zero-order valence-electron chi connectivity index (χ0n) is 16.7. The second-order valence-electron chi connectivity index (χ2n) is 6.67. The molecule has 0 saturated carbocycles. The molecule has 1 atom stereocenters. The van der Waals surface area contributed by atoms with Crippen molar-refractivity contribution in [2.75, 3.05) is 32.2 Å². The molecule has 0 aliphatic heterocycles. The number of sulfone groups is 1. The third-order valence-electron chi connectivity index (χ3n) is 4.15. The topological polar surface area (TPSA) is 79.8 Å². The maximum Gasteiger partial charge on any atom is 0.191 e. The molecule has 0 aliphatic rings. The van der Waals surface area contributed by atoms with E-state index < -0.39 is 9.84 Å². The van der Waals surface area contributed by atoms with Gasteiger partial charge in [0.05, 0.1) is 12.3 Å². The van der Waals surface area contributed by atoms with Crippen molar-refractivity contribution < 1.29 is 13.2 Å². The summed E-state index contributed by atoms with van der Waals surface area (Å²) in [5.41, 5.74) is 2.17. The predicted octanol–water partition coefficient (Wildman–Crippen LogP) is 2.72. The molecular weight excluding hydrogens is 374 g/mol. The monoisotopic (exact) mass is 403 g/mol. The molecule has 7 heteroatoms. The Morgan fingerprint density at radius 3 is 2.46 bits per heavy atom. The average molecular weight is 404 g/mol. The van der Waals surface area contributed by atoms with Gasteiger partial charge in [0.2, 0.25) is 0 Å². The molecule has 2 rings (SSSR count). The number of hydrogen-bond acceptors (Lipinski definition) is 4. The highest BCUT2D eigenvalue weighted by molar-refractivity contribution is 7.90. The van der Waals surface area contributed by atoms with Crippen molar-refractivity contribution in [3.8, 4) is 16.9 Å². The number of nitrogens with one attached hydrogen (secondary N) is 2. The lowest BCUT2D eigenvalue weighted by atomic mass is 10.1. The first-order chi connectivity index (χ1) is 13.4. The molecule has 2 aromatic rings. The number of benzene rings is 2. The fraction of sp³-hybridized carbons (Fsp3) is 0.381. The fourth-order valence-electron chi connectivity index (χ4n) is 2.67. The van der Waals surface area contributed by atoms with Crippen LogP contribution in [0.1, 0.15) is 13.3 Å². The Morgan fingerprint density at radius 1 is 1.11 bits per heavy atom. The normalized spacial score (nSPS) is 13.0. The first-order valence-electron chi connectivity index (χ1n) is 9.31. The quantitative estimate of drug-likeness (QED) is 0.382. The molecule has 0 aromatic heterocycles. The van der Waals surface area contributed by atoms with E-state index in [4.69, 9.17) is 4.74 Å². The largest absolute Gasteiger partial charge is 0.491 e. The standard InChI is InChI=1S/C21H29N3O3S/c1-17(13-16-28(3,25)26)24-21(22-2)23-14-15-27-20-12-8-7-11-19(20)18-9-5-4-6-10-18/h4-12,17H,13-16H2,1-3H3,(H2,22,23,24). The van der Waals surface area contributed by atoms with E-state index in [0.29, 0.717) is 25.5 Å². The maximum atomic E-state index is 11.3. The molecule has 6 nitrogen and oxygen atoms in total. The van der Waals surface area contributed by atoms with Gasteiger partial charge in [0, 0.05) is 24.9 Å². The Balaban J connectivity index is 1.82. The summed E-state index contributed by atoms with van der Waals surface area (Å²) in [5.74, 6) is 1.61. The average Bonchev–Trinajstić information content (AvgIpc) is 2.69. The van der Waals surface area contributed by atoms with Crippen LogP contribution in [0.3, 0.4) is 0 Å². The molecule has 0 heterocycles. The summed E-state index contributed by atoms with van der Waals surface area (Å²) in [6.45, 7) is 2.98. The molecule has 152 valence electrons. The van der Waals surface area contributed by atoms with Gasteiger partial charge in [-0.1, -0.05) is 48.5 Å². The second kappa shape index (κ2) is 10.7. The van der Waals surface area contributed by atoms with E-state index in [2.05, 4.69) is 27.8 Å². The Hall–Kier alpha value is -2.54. The van der Waals surface area contributed by atoms with Crippen molar-refractivity contribution in [1.29, 1.82) is 0 Å². The molecule has 0 saturated heterocycles. The molecule has 0 bridgehead atoms. The lowest BCUT2D eigenvalue weighted by Gasteiger charge is -2.18. The summed E-state index contributed by atoms with van der Waals surface area (Å²) in [6.07, 6.45) is 1.78. The van der Waals surface area contributed by atoms with Gasteiger partial charge in [0.25, 0.3) is 0 Å². The Labute approximate surface area is 168 Å². The summed E-state index contributed by atoms with van der Waals surface area (Å²) in [4.78, 5) is 4.17. The summed E-state index contributed by atoms with van der Waals surface area (Å²) >= 11 is 0. The van der Waals surface area contributed by atoms with Crippen molar-refractivity contribution in [1.82, 2.24) is 10.6 Å². The van der Waals surface area contributed by atoms with E-state index in [9.17, 15) is 8.42 Å². The number of para-hydroxylation sites is 1. The number of rotatable bonds is 9. The van der Waals surface area contributed by atoms with E-state index in [1.165, 1.54) is 6.26 Å². The van der Waals surface area contributed by atoms with Gasteiger partial charge in [0.1, 0.15) is 22.2 Å². The van der Waals surface area contributed by atoms with Gasteiger partial charge in [-0.2, -0.15) is 0 Å². The van der Waals surface area contributed by atoms with Gasteiger partial charge in [-0.15, -0.1) is 0 Å². The summed E-state index contributed by atoms with van der Waals surface area (Å²) in [7, 11) is -1.28. The molecule has 2 aromatic carbocycles. The van der Waals surface area contributed by atoms with E-state index in [0.717, 1.165) is 16.9 Å². The first-order valence-corrected chi connectivity index (χ1v) is 11.4. The third-order valence-corrected chi connectivity index (χ3v) is 5.13. The van der Waals surface area contributed by atoms with Crippen LogP contribution in [-0.4, -0.2) is 52.6 Å². The highest BCUT2D eigenvalue weighted by Gasteiger charge is 2.10. The van der Waals surface area contributed by atoms with Crippen LogP contribution in [0.25, 0.3) is 11.1 Å². The van der Waals surface area contributed by atoms with Crippen molar-refractivity contribution in [2.45, 2.75) is 19.4 Å². The van der Waals surface area contributed by atoms with Crippen molar-refractivity contribution in [3.63, 3.8) is 0 Å². The van der Waals surface area contributed by atoms with Gasteiger partial charge in [-0.25, -0.2) is 8.42 Å². The molecule has 28 heavy (non-hydrogen) atoms. The molecule has 0 radical (unpaired) electrons. The summed E-state index contributed by atoms with van der Waals surface area (Å²) < 4.78 is 28.5. The van der Waals surface area contributed by atoms with Gasteiger partial charge in [0.15, 0.2) is 5.96 Å². The predicted molar refractivity (Wildman–Crippen MR) is 116 cm³/mol. The zero-order valence-corrected chi connectivity index (χ0v) is 17.5. The molecule has 2 N–H and O–H groups in total. The molecular formula is C21H29N3O3S. The SMILES string of the molecule is CN=C(NCCOc1ccccc1-c1ccccc1)NC(C)CCS(C)(=O)=O. The molecule has 0 spiro atoms. The number of hydrogen-bond donors (Lipinski definition) is 2. The number of guanidine groups is 1. The van der Waals surface area contributed by atoms with Crippen LogP contribution in [-0.2, 0) is 9.84 Å². The Kier molecular flexibility index (Phi) is 8.32. The van der Waals surface area contributed by atoms with Gasteiger partial charge < -0.3 is 15.4 Å². The number of nitrogens with zero attached hydrogens (tertiary/aromatic N) is 1. The molecule has 0 amide bonds. The van der Waals surface area contributed by atoms with Crippen LogP contribution < -0.4 is 15.4 Å². The Bertz CT molecular complexity index is 867. The zero-order chi connectivity index (χ0) is 20.4. The van der Waals surface area contributed by atoms with E-state index in [1.54, 1.807) is 7.05 Å². The van der Waals surface area contributed by atoms with Gasteiger partial charge in [-0.05, 0) is 25.0 Å². The highest BCUT2D eigenvalue weighted by atomic mass is 32.2. The molecule has 0 fully saturated rings. The third kappa shape index (κ3) is 7.60. The van der Waals surface area contributed by atoms with Crippen LogP contribution in [0.5, 0.6) is 5.75 Å². The fourth-order valence-corrected chi connectivity index (χ4v) is 3.45. The lowest BCUT2D eigenvalue weighted by molar-refractivity contribution is 0.323. The lowest BCUT2D eigenvalue weighted by Crippen LogP contribution is -2.44. The van der Waals surface area contributed by atoms with Crippen molar-refractivity contribution >= 4 is 15.8 Å². The summed E-state index contributed by atoms with van der Waals surface area (Å²) in [5, 5.41) is 6.39. The van der Waals surface area contributed by atoms with Crippen LogP contribution in [0.15, 0.2) is 59.6 Å². The molecule has 1 unspecified atom stereocenters. The van der Waals surface area contributed by atoms with Crippen LogP contribution in [0.4, 0.5) is 0 Å². The number of ether oxygens (including phenoxy) is 1. The maximum absolute atomic E-state index is 11.3. The van der Waals surface area contributed by atoms with Gasteiger partial charge >= 0.3 is 0 Å². The number of aliphatic imine (C=N–C) groups is 1. The van der Waals surface area contributed by atoms with Crippen LogP contribution in [0, 0.1) is 0 Å². The smallest absolute Gasteiger partial charge is 0.191 e. The van der Waals surface area contributed by atoms with Crippen molar-refractivity contribution in [2.24, 2.45) is 4.99 Å². The minimum atomic E-state index is -2.96. The summed E-state index contributed by atoms with van der Waals surface area (Å²) in [6, 6.07) is 18.1. The highest BCUT2D eigenvalue weighted by Crippen LogP contribution is 2.29.